The van der Waals surface area contributed by atoms with Gasteiger partial charge in [0.15, 0.2) is 0 Å². The third-order valence-electron chi connectivity index (χ3n) is 3.38. The molecule has 0 radical (unpaired) electrons. The molecule has 116 valence electrons. The molecule has 0 aromatic carbocycles. The van der Waals surface area contributed by atoms with Crippen molar-refractivity contribution in [1.29, 1.82) is 0 Å². The highest BCUT2D eigenvalue weighted by atomic mass is 19.4. The quantitative estimate of drug-likeness (QED) is 0.805. The molecule has 0 unspecified atom stereocenters. The minimum absolute atomic E-state index is 0.0687. The van der Waals surface area contributed by atoms with Crippen molar-refractivity contribution in [2.75, 3.05) is 0 Å². The fourth-order valence-corrected chi connectivity index (χ4v) is 2.29. The van der Waals surface area contributed by atoms with Gasteiger partial charge in [-0.15, -0.1) is 0 Å². The molecule has 5 nitrogen and oxygen atoms in total. The van der Waals surface area contributed by atoms with Crippen molar-refractivity contribution >= 4 is 5.65 Å². The molecule has 3 aromatic heterocycles. The molecule has 8 heteroatoms. The van der Waals surface area contributed by atoms with Crippen LogP contribution in [0.5, 0.6) is 0 Å². The van der Waals surface area contributed by atoms with Gasteiger partial charge in [-0.1, -0.05) is 6.07 Å². The fraction of sp³-hybridized carbons (Fsp3) is 0.286. The second-order valence-electron chi connectivity index (χ2n) is 4.93. The van der Waals surface area contributed by atoms with Crippen LogP contribution < -0.4 is 5.32 Å². The van der Waals surface area contributed by atoms with Crippen LogP contribution in [0, 0.1) is 0 Å². The van der Waals surface area contributed by atoms with Gasteiger partial charge in [0.1, 0.15) is 5.65 Å². The second kappa shape index (κ2) is 5.45. The number of aromatic nitrogens is 4. The summed E-state index contributed by atoms with van der Waals surface area (Å²) in [5.74, 6) is 0. The molecule has 3 aromatic rings. The molecule has 0 aliphatic rings. The molecule has 0 saturated carbocycles. The summed E-state index contributed by atoms with van der Waals surface area (Å²) in [6, 6.07) is 5.63. The highest BCUT2D eigenvalue weighted by Crippen LogP contribution is 2.31. The van der Waals surface area contributed by atoms with Crippen LogP contribution in [0.1, 0.15) is 17.0 Å². The first-order chi connectivity index (χ1) is 10.4. The topological polar surface area (TPSA) is 47.2 Å². The average Bonchev–Trinajstić information content (AvgIpc) is 3.02. The van der Waals surface area contributed by atoms with Gasteiger partial charge < -0.3 is 9.72 Å². The van der Waals surface area contributed by atoms with Gasteiger partial charge in [0, 0.05) is 32.5 Å². The molecular formula is C14H14F3N5. The van der Waals surface area contributed by atoms with E-state index in [1.807, 2.05) is 35.0 Å². The molecular weight excluding hydrogens is 295 g/mol. The van der Waals surface area contributed by atoms with Gasteiger partial charge in [0.25, 0.3) is 0 Å². The number of aryl methyl sites for hydroxylation is 1. The van der Waals surface area contributed by atoms with Crippen molar-refractivity contribution in [3.8, 4) is 0 Å². The number of hydrogen-bond acceptors (Lipinski definition) is 3. The maximum atomic E-state index is 12.9. The summed E-state index contributed by atoms with van der Waals surface area (Å²) < 4.78 is 41.7. The first-order valence-corrected chi connectivity index (χ1v) is 6.66. The number of pyridine rings is 1. The van der Waals surface area contributed by atoms with Gasteiger partial charge in [0.2, 0.25) is 0 Å². The normalized spacial score (nSPS) is 12.2. The van der Waals surface area contributed by atoms with E-state index in [4.69, 9.17) is 0 Å². The predicted octanol–water partition coefficient (Wildman–Crippen LogP) is 2.38. The zero-order valence-electron chi connectivity index (χ0n) is 11.8. The Hall–Kier alpha value is -2.35. The van der Waals surface area contributed by atoms with Gasteiger partial charge in [-0.05, 0) is 12.1 Å². The van der Waals surface area contributed by atoms with Crippen LogP contribution in [0.25, 0.3) is 5.65 Å². The number of halogens is 3. The van der Waals surface area contributed by atoms with Crippen LogP contribution in [-0.4, -0.2) is 19.2 Å². The van der Waals surface area contributed by atoms with Gasteiger partial charge >= 0.3 is 6.18 Å². The summed E-state index contributed by atoms with van der Waals surface area (Å²) in [5, 5.41) is 6.66. The van der Waals surface area contributed by atoms with Crippen LogP contribution in [0.2, 0.25) is 0 Å². The molecule has 3 heterocycles. The highest BCUT2D eigenvalue weighted by Gasteiger charge is 2.35. The van der Waals surface area contributed by atoms with E-state index in [0.29, 0.717) is 6.54 Å². The molecule has 1 N–H and O–H groups in total. The van der Waals surface area contributed by atoms with E-state index in [-0.39, 0.29) is 12.2 Å². The average molecular weight is 309 g/mol. The van der Waals surface area contributed by atoms with E-state index in [0.717, 1.165) is 17.5 Å². The maximum absolute atomic E-state index is 12.9. The van der Waals surface area contributed by atoms with Crippen molar-refractivity contribution in [3.05, 3.63) is 53.7 Å². The molecule has 0 bridgehead atoms. The number of fused-ring (bicyclic) bond motifs is 1. The minimum Gasteiger partial charge on any atom is -0.307 e. The van der Waals surface area contributed by atoms with E-state index in [9.17, 15) is 13.2 Å². The summed E-state index contributed by atoms with van der Waals surface area (Å²) in [5.41, 5.74) is 0.964. The SMILES string of the molecule is Cn1ncc(C(F)(F)F)c1CNCc1cn2ccccc2n1. The standard InChI is InChI=1S/C14H14F3N5/c1-21-12(11(7-19-21)14(15,16)17)8-18-6-10-9-22-5-3-2-4-13(22)20-10/h2-5,7,9,18H,6,8H2,1H3. The smallest absolute Gasteiger partial charge is 0.307 e. The van der Waals surface area contributed by atoms with Crippen molar-refractivity contribution < 1.29 is 13.2 Å². The van der Waals surface area contributed by atoms with Crippen molar-refractivity contribution in [2.24, 2.45) is 7.05 Å². The fourth-order valence-electron chi connectivity index (χ4n) is 2.29. The van der Waals surface area contributed by atoms with Gasteiger partial charge in [-0.2, -0.15) is 18.3 Å². The van der Waals surface area contributed by atoms with Crippen molar-refractivity contribution in [1.82, 2.24) is 24.5 Å². The Balaban J connectivity index is 1.70. The number of nitrogens with one attached hydrogen (secondary N) is 1. The number of hydrogen-bond donors (Lipinski definition) is 1. The number of imidazole rings is 1. The Morgan fingerprint density at radius 1 is 1.23 bits per heavy atom. The molecule has 3 rings (SSSR count). The number of nitrogens with zero attached hydrogens (tertiary/aromatic N) is 4. The molecule has 0 saturated heterocycles. The molecule has 0 atom stereocenters. The molecule has 0 spiro atoms. The van der Waals surface area contributed by atoms with E-state index < -0.39 is 11.7 Å². The third-order valence-corrected chi connectivity index (χ3v) is 3.38. The minimum atomic E-state index is -4.39. The molecule has 0 aliphatic heterocycles. The Labute approximate surface area is 124 Å². The first kappa shape index (κ1) is 14.6. The zero-order valence-corrected chi connectivity index (χ0v) is 11.8. The molecule has 0 amide bonds. The van der Waals surface area contributed by atoms with E-state index in [1.165, 1.54) is 11.7 Å². The Morgan fingerprint density at radius 2 is 2.05 bits per heavy atom. The molecule has 22 heavy (non-hydrogen) atoms. The van der Waals surface area contributed by atoms with Gasteiger partial charge in [-0.25, -0.2) is 4.98 Å². The van der Waals surface area contributed by atoms with E-state index in [2.05, 4.69) is 15.4 Å². The van der Waals surface area contributed by atoms with Crippen LogP contribution in [0.4, 0.5) is 13.2 Å². The summed E-state index contributed by atoms with van der Waals surface area (Å²) in [4.78, 5) is 4.38. The Kier molecular flexibility index (Phi) is 3.61. The lowest BCUT2D eigenvalue weighted by atomic mass is 10.2. The summed E-state index contributed by atoms with van der Waals surface area (Å²) >= 11 is 0. The highest BCUT2D eigenvalue weighted by molar-refractivity contribution is 5.39. The monoisotopic (exact) mass is 309 g/mol. The van der Waals surface area contributed by atoms with E-state index in [1.54, 1.807) is 0 Å². The Bertz CT molecular complexity index is 754. The summed E-state index contributed by atoms with van der Waals surface area (Å²) in [6.45, 7) is 0.448. The number of alkyl halides is 3. The predicted molar refractivity (Wildman–Crippen MR) is 73.9 cm³/mol. The Morgan fingerprint density at radius 3 is 2.77 bits per heavy atom. The van der Waals surface area contributed by atoms with Gasteiger partial charge in [0.05, 0.1) is 23.1 Å². The van der Waals surface area contributed by atoms with Gasteiger partial charge in [-0.3, -0.25) is 4.68 Å². The second-order valence-corrected chi connectivity index (χ2v) is 4.93. The van der Waals surface area contributed by atoms with Crippen molar-refractivity contribution in [3.63, 3.8) is 0 Å². The largest absolute Gasteiger partial charge is 0.419 e. The number of rotatable bonds is 4. The lowest BCUT2D eigenvalue weighted by Gasteiger charge is -2.09. The van der Waals surface area contributed by atoms with Crippen LogP contribution in [-0.2, 0) is 26.3 Å². The molecule has 0 aliphatic carbocycles. The summed E-state index contributed by atoms with van der Waals surface area (Å²) in [6.07, 6.45) is 0.168. The molecule has 0 fully saturated rings. The van der Waals surface area contributed by atoms with Crippen molar-refractivity contribution in [2.45, 2.75) is 19.3 Å². The first-order valence-electron chi connectivity index (χ1n) is 6.66. The van der Waals surface area contributed by atoms with E-state index >= 15 is 0 Å². The zero-order chi connectivity index (χ0) is 15.7. The lowest BCUT2D eigenvalue weighted by molar-refractivity contribution is -0.138. The van der Waals surface area contributed by atoms with Crippen LogP contribution >= 0.6 is 0 Å². The van der Waals surface area contributed by atoms with Crippen LogP contribution in [0.15, 0.2) is 36.8 Å². The maximum Gasteiger partial charge on any atom is 0.419 e. The summed E-state index contributed by atoms with van der Waals surface area (Å²) in [7, 11) is 1.50. The third kappa shape index (κ3) is 2.82. The van der Waals surface area contributed by atoms with Crippen LogP contribution in [0.3, 0.4) is 0 Å². The lowest BCUT2D eigenvalue weighted by Crippen LogP contribution is -2.19.